The van der Waals surface area contributed by atoms with Crippen molar-refractivity contribution in [1.82, 2.24) is 9.88 Å². The van der Waals surface area contributed by atoms with Crippen LogP contribution >= 0.6 is 0 Å². The molecule has 0 saturated heterocycles. The molecular weight excluding hydrogens is 192 g/mol. The zero-order valence-corrected chi connectivity index (χ0v) is 9.57. The van der Waals surface area contributed by atoms with Crippen LogP contribution in [0.2, 0.25) is 0 Å². The summed E-state index contributed by atoms with van der Waals surface area (Å²) in [5.41, 5.74) is 1.74. The van der Waals surface area contributed by atoms with Gasteiger partial charge in [0.25, 0.3) is 0 Å². The van der Waals surface area contributed by atoms with Gasteiger partial charge in [0.1, 0.15) is 0 Å². The Balaban J connectivity index is 2.89. The number of hydrogen-bond acceptors (Lipinski definition) is 3. The van der Waals surface area contributed by atoms with Gasteiger partial charge in [-0.2, -0.15) is 0 Å². The van der Waals surface area contributed by atoms with Crippen LogP contribution < -0.4 is 4.74 Å². The second kappa shape index (κ2) is 4.77. The maximum Gasteiger partial charge on any atom is 0.414 e. The van der Waals surface area contributed by atoms with Gasteiger partial charge < -0.3 is 9.64 Å². The average molecular weight is 208 g/mol. The summed E-state index contributed by atoms with van der Waals surface area (Å²) in [4.78, 5) is 17.0. The monoisotopic (exact) mass is 208 g/mol. The molecule has 1 amide bonds. The number of rotatable bonds is 2. The molecule has 0 aromatic carbocycles. The lowest BCUT2D eigenvalue weighted by Crippen LogP contribution is -2.25. The minimum Gasteiger partial charge on any atom is -0.408 e. The van der Waals surface area contributed by atoms with Crippen LogP contribution in [-0.4, -0.2) is 30.1 Å². The standard InChI is InChI=1S/C11H16N2O2/c1-5-9-10(7-6-8(2)12-9)15-11(14)13(3)4/h6-7H,5H2,1-4H3. The minimum atomic E-state index is -0.379. The molecule has 0 aliphatic rings. The first-order valence-electron chi connectivity index (χ1n) is 4.90. The number of aromatic nitrogens is 1. The second-order valence-corrected chi connectivity index (χ2v) is 3.51. The summed E-state index contributed by atoms with van der Waals surface area (Å²) >= 11 is 0. The van der Waals surface area contributed by atoms with Gasteiger partial charge in [0, 0.05) is 19.8 Å². The molecule has 1 rings (SSSR count). The Bertz CT molecular complexity index is 362. The number of pyridine rings is 1. The summed E-state index contributed by atoms with van der Waals surface area (Å²) in [6, 6.07) is 3.61. The zero-order chi connectivity index (χ0) is 11.4. The summed E-state index contributed by atoms with van der Waals surface area (Å²) < 4.78 is 5.18. The first-order chi connectivity index (χ1) is 7.04. The number of nitrogens with zero attached hydrogens (tertiary/aromatic N) is 2. The maximum atomic E-state index is 11.3. The topological polar surface area (TPSA) is 42.4 Å². The van der Waals surface area contributed by atoms with Crippen LogP contribution in [-0.2, 0) is 6.42 Å². The molecule has 4 nitrogen and oxygen atoms in total. The Morgan fingerprint density at radius 1 is 1.47 bits per heavy atom. The van der Waals surface area contributed by atoms with E-state index in [1.54, 1.807) is 20.2 Å². The van der Waals surface area contributed by atoms with Gasteiger partial charge in [0.05, 0.1) is 5.69 Å². The smallest absolute Gasteiger partial charge is 0.408 e. The van der Waals surface area contributed by atoms with Crippen molar-refractivity contribution in [3.63, 3.8) is 0 Å². The number of hydrogen-bond donors (Lipinski definition) is 0. The summed E-state index contributed by atoms with van der Waals surface area (Å²) in [7, 11) is 3.30. The number of carbonyl (C=O) groups is 1. The van der Waals surface area contributed by atoms with E-state index in [4.69, 9.17) is 4.74 Å². The summed E-state index contributed by atoms with van der Waals surface area (Å²) in [6.45, 7) is 3.89. The van der Waals surface area contributed by atoms with Crippen LogP contribution in [0.1, 0.15) is 18.3 Å². The summed E-state index contributed by atoms with van der Waals surface area (Å²) in [5.74, 6) is 0.543. The molecule has 0 bridgehead atoms. The van der Waals surface area contributed by atoms with Crippen molar-refractivity contribution in [2.45, 2.75) is 20.3 Å². The lowest BCUT2D eigenvalue weighted by Gasteiger charge is -2.12. The van der Waals surface area contributed by atoms with Gasteiger partial charge in [0.2, 0.25) is 0 Å². The molecule has 0 atom stereocenters. The van der Waals surface area contributed by atoms with Gasteiger partial charge in [-0.1, -0.05) is 6.92 Å². The van der Waals surface area contributed by atoms with Crippen molar-refractivity contribution in [3.05, 3.63) is 23.5 Å². The zero-order valence-electron chi connectivity index (χ0n) is 9.57. The summed E-state index contributed by atoms with van der Waals surface area (Å²) in [6.07, 6.45) is 0.368. The van der Waals surface area contributed by atoms with Crippen molar-refractivity contribution in [1.29, 1.82) is 0 Å². The highest BCUT2D eigenvalue weighted by molar-refractivity contribution is 5.70. The third-order valence-corrected chi connectivity index (χ3v) is 1.97. The minimum absolute atomic E-state index is 0.379. The first-order valence-corrected chi connectivity index (χ1v) is 4.90. The fourth-order valence-corrected chi connectivity index (χ4v) is 1.13. The third-order valence-electron chi connectivity index (χ3n) is 1.97. The van der Waals surface area contributed by atoms with Crippen LogP contribution in [0.5, 0.6) is 5.75 Å². The predicted molar refractivity (Wildman–Crippen MR) is 58.1 cm³/mol. The molecule has 1 heterocycles. The van der Waals surface area contributed by atoms with Crippen molar-refractivity contribution >= 4 is 6.09 Å². The Hall–Kier alpha value is -1.58. The van der Waals surface area contributed by atoms with E-state index in [0.717, 1.165) is 17.8 Å². The van der Waals surface area contributed by atoms with Crippen molar-refractivity contribution < 1.29 is 9.53 Å². The van der Waals surface area contributed by atoms with Gasteiger partial charge in [-0.3, -0.25) is 4.98 Å². The highest BCUT2D eigenvalue weighted by atomic mass is 16.6. The lowest BCUT2D eigenvalue weighted by atomic mass is 10.2. The van der Waals surface area contributed by atoms with Crippen molar-refractivity contribution in [2.75, 3.05) is 14.1 Å². The van der Waals surface area contributed by atoms with E-state index in [2.05, 4.69) is 4.98 Å². The van der Waals surface area contributed by atoms with E-state index in [1.807, 2.05) is 19.9 Å². The molecule has 1 aromatic rings. The van der Waals surface area contributed by atoms with Crippen LogP contribution in [0, 0.1) is 6.92 Å². The molecule has 15 heavy (non-hydrogen) atoms. The number of aryl methyl sites for hydroxylation is 2. The fraction of sp³-hybridized carbons (Fsp3) is 0.455. The van der Waals surface area contributed by atoms with E-state index in [9.17, 15) is 4.79 Å². The molecule has 0 saturated carbocycles. The van der Waals surface area contributed by atoms with Crippen LogP contribution in [0.15, 0.2) is 12.1 Å². The highest BCUT2D eigenvalue weighted by Crippen LogP contribution is 2.17. The quantitative estimate of drug-likeness (QED) is 0.746. The fourth-order valence-electron chi connectivity index (χ4n) is 1.13. The van der Waals surface area contributed by atoms with E-state index in [0.29, 0.717) is 5.75 Å². The molecular formula is C11H16N2O2. The van der Waals surface area contributed by atoms with E-state index in [1.165, 1.54) is 4.90 Å². The Kier molecular flexibility index (Phi) is 3.66. The van der Waals surface area contributed by atoms with E-state index in [-0.39, 0.29) is 6.09 Å². The van der Waals surface area contributed by atoms with Gasteiger partial charge in [-0.05, 0) is 25.5 Å². The van der Waals surface area contributed by atoms with Gasteiger partial charge in [-0.15, -0.1) is 0 Å². The largest absolute Gasteiger partial charge is 0.414 e. The van der Waals surface area contributed by atoms with Crippen LogP contribution in [0.3, 0.4) is 0 Å². The van der Waals surface area contributed by atoms with E-state index < -0.39 is 0 Å². The Morgan fingerprint density at radius 3 is 2.67 bits per heavy atom. The van der Waals surface area contributed by atoms with Gasteiger partial charge in [0.15, 0.2) is 5.75 Å². The van der Waals surface area contributed by atoms with Gasteiger partial charge >= 0.3 is 6.09 Å². The molecule has 0 radical (unpaired) electrons. The predicted octanol–water partition coefficient (Wildman–Crippen LogP) is 2.01. The average Bonchev–Trinajstić information content (AvgIpc) is 2.20. The van der Waals surface area contributed by atoms with Crippen LogP contribution in [0.4, 0.5) is 4.79 Å². The van der Waals surface area contributed by atoms with E-state index >= 15 is 0 Å². The normalized spacial score (nSPS) is 9.87. The number of amides is 1. The molecule has 0 fully saturated rings. The molecule has 0 aliphatic heterocycles. The third kappa shape index (κ3) is 2.94. The summed E-state index contributed by atoms with van der Waals surface area (Å²) in [5, 5.41) is 0. The second-order valence-electron chi connectivity index (χ2n) is 3.51. The van der Waals surface area contributed by atoms with Crippen molar-refractivity contribution in [2.24, 2.45) is 0 Å². The van der Waals surface area contributed by atoms with Crippen LogP contribution in [0.25, 0.3) is 0 Å². The molecule has 0 unspecified atom stereocenters. The Labute approximate surface area is 89.9 Å². The molecule has 0 N–H and O–H groups in total. The molecule has 4 heteroatoms. The lowest BCUT2D eigenvalue weighted by molar-refractivity contribution is 0.171. The first kappa shape index (κ1) is 11.5. The molecule has 1 aromatic heterocycles. The maximum absolute atomic E-state index is 11.3. The van der Waals surface area contributed by atoms with Crippen molar-refractivity contribution in [3.8, 4) is 5.75 Å². The molecule has 82 valence electrons. The number of ether oxygens (including phenoxy) is 1. The molecule has 0 aliphatic carbocycles. The SMILES string of the molecule is CCc1nc(C)ccc1OC(=O)N(C)C. The molecule has 0 spiro atoms. The highest BCUT2D eigenvalue weighted by Gasteiger charge is 2.10. The van der Waals surface area contributed by atoms with Gasteiger partial charge in [-0.25, -0.2) is 4.79 Å². The number of carbonyl (C=O) groups excluding carboxylic acids is 1. The Morgan fingerprint density at radius 2 is 2.13 bits per heavy atom.